The average Bonchev–Trinajstić information content (AvgIpc) is 3.65. The predicted octanol–water partition coefficient (Wildman–Crippen LogP) is 2.74. The van der Waals surface area contributed by atoms with E-state index in [2.05, 4.69) is 0 Å². The molecular formula is C26H28N2O7. The second-order valence-electron chi connectivity index (χ2n) is 8.62. The molecule has 1 unspecified atom stereocenters. The molecule has 4 rings (SSSR count). The molecular weight excluding hydrogens is 452 g/mol. The second-order valence-corrected chi connectivity index (χ2v) is 8.62. The highest BCUT2D eigenvalue weighted by molar-refractivity contribution is 6.23. The minimum Gasteiger partial charge on any atom is -0.493 e. The monoisotopic (exact) mass is 480 g/mol. The van der Waals surface area contributed by atoms with Crippen molar-refractivity contribution in [3.05, 3.63) is 48.0 Å². The van der Waals surface area contributed by atoms with Crippen molar-refractivity contribution in [3.63, 3.8) is 0 Å². The van der Waals surface area contributed by atoms with Gasteiger partial charge in [0.05, 0.1) is 26.3 Å². The molecule has 9 heteroatoms. The third-order valence-electron chi connectivity index (χ3n) is 6.15. The lowest BCUT2D eigenvalue weighted by Gasteiger charge is -2.28. The zero-order valence-electron chi connectivity index (χ0n) is 20.0. The van der Waals surface area contributed by atoms with Gasteiger partial charge in [0, 0.05) is 19.4 Å². The van der Waals surface area contributed by atoms with Gasteiger partial charge in [-0.2, -0.15) is 0 Å². The van der Waals surface area contributed by atoms with Crippen molar-refractivity contribution >= 4 is 29.4 Å². The van der Waals surface area contributed by atoms with Crippen molar-refractivity contribution in [1.29, 1.82) is 0 Å². The van der Waals surface area contributed by atoms with Gasteiger partial charge in [-0.3, -0.25) is 19.2 Å². The Hall–Kier alpha value is -3.88. The summed E-state index contributed by atoms with van der Waals surface area (Å²) in [7, 11) is 3.12. The summed E-state index contributed by atoms with van der Waals surface area (Å²) in [5.41, 5.74) is 1.29. The number of imide groups is 1. The zero-order valence-corrected chi connectivity index (χ0v) is 20.0. The number of methoxy groups -OCH3 is 2. The summed E-state index contributed by atoms with van der Waals surface area (Å²) in [6, 6.07) is 10.8. The molecule has 1 aliphatic carbocycles. The molecule has 0 radical (unpaired) electrons. The Morgan fingerprint density at radius 1 is 1.00 bits per heavy atom. The van der Waals surface area contributed by atoms with Gasteiger partial charge in [0.1, 0.15) is 11.8 Å². The molecule has 2 fully saturated rings. The van der Waals surface area contributed by atoms with Crippen molar-refractivity contribution in [2.75, 3.05) is 25.7 Å². The molecule has 0 aromatic heterocycles. The van der Waals surface area contributed by atoms with E-state index in [1.165, 1.54) is 19.1 Å². The van der Waals surface area contributed by atoms with Gasteiger partial charge in [0.15, 0.2) is 11.5 Å². The van der Waals surface area contributed by atoms with E-state index in [0.717, 1.165) is 23.3 Å². The molecule has 1 atom stereocenters. The molecule has 1 aliphatic heterocycles. The number of hydrogen-bond acceptors (Lipinski definition) is 7. The van der Waals surface area contributed by atoms with Gasteiger partial charge in [-0.1, -0.05) is 6.07 Å². The fourth-order valence-electron chi connectivity index (χ4n) is 4.23. The number of carbonyl (C=O) groups excluding carboxylic acids is 4. The Labute approximate surface area is 203 Å². The first kappa shape index (κ1) is 24.3. The number of benzene rings is 2. The normalized spacial score (nSPS) is 17.3. The van der Waals surface area contributed by atoms with Gasteiger partial charge in [-0.25, -0.2) is 4.90 Å². The summed E-state index contributed by atoms with van der Waals surface area (Å²) in [5.74, 6) is 0.0439. The Morgan fingerprint density at radius 3 is 2.29 bits per heavy atom. The summed E-state index contributed by atoms with van der Waals surface area (Å²) >= 11 is 0. The summed E-state index contributed by atoms with van der Waals surface area (Å²) < 4.78 is 15.7. The molecule has 2 aliphatic rings. The number of hydrogen-bond donors (Lipinski definition) is 0. The number of ether oxygens (including phenoxy) is 3. The molecule has 1 saturated carbocycles. The number of esters is 1. The van der Waals surface area contributed by atoms with Crippen LogP contribution in [0.2, 0.25) is 0 Å². The largest absolute Gasteiger partial charge is 0.493 e. The minimum absolute atomic E-state index is 0.0745. The van der Waals surface area contributed by atoms with Crippen LogP contribution in [0.4, 0.5) is 5.69 Å². The van der Waals surface area contributed by atoms with Gasteiger partial charge in [-0.05, 0) is 61.2 Å². The van der Waals surface area contributed by atoms with Crippen LogP contribution in [-0.2, 0) is 25.6 Å². The lowest BCUT2D eigenvalue weighted by molar-refractivity contribution is -0.139. The first-order valence-corrected chi connectivity index (χ1v) is 11.5. The highest BCUT2D eigenvalue weighted by Gasteiger charge is 2.46. The number of rotatable bonds is 9. The van der Waals surface area contributed by atoms with Crippen molar-refractivity contribution in [2.45, 2.75) is 38.6 Å². The van der Waals surface area contributed by atoms with Crippen LogP contribution in [0.25, 0.3) is 0 Å². The smallest absolute Gasteiger partial charge is 0.308 e. The first-order chi connectivity index (χ1) is 16.8. The molecule has 0 spiro atoms. The van der Waals surface area contributed by atoms with Crippen molar-refractivity contribution in [2.24, 2.45) is 5.92 Å². The second kappa shape index (κ2) is 10.2. The number of nitrogens with zero attached hydrogens (tertiary/aromatic N) is 2. The number of anilines is 1. The predicted molar refractivity (Wildman–Crippen MR) is 126 cm³/mol. The fraction of sp³-hybridized carbons (Fsp3) is 0.385. The molecule has 1 heterocycles. The molecule has 3 amide bonds. The summed E-state index contributed by atoms with van der Waals surface area (Å²) in [4.78, 5) is 53.1. The maximum atomic E-state index is 13.4. The van der Waals surface area contributed by atoms with Gasteiger partial charge in [0.2, 0.25) is 11.8 Å². The van der Waals surface area contributed by atoms with Crippen LogP contribution >= 0.6 is 0 Å². The quantitative estimate of drug-likeness (QED) is 0.309. The van der Waals surface area contributed by atoms with Crippen LogP contribution in [0, 0.1) is 5.92 Å². The first-order valence-electron chi connectivity index (χ1n) is 11.5. The highest BCUT2D eigenvalue weighted by atomic mass is 16.5. The van der Waals surface area contributed by atoms with E-state index in [0.29, 0.717) is 35.9 Å². The number of carbonyl (C=O) groups is 4. The SMILES string of the molecule is COc1ccc(CCN(C(=O)C2CC2)C2CC(=O)N(c3ccc(OC(C)=O)cc3)C2=O)cc1OC. The van der Waals surface area contributed by atoms with Gasteiger partial charge in [-0.15, -0.1) is 0 Å². The van der Waals surface area contributed by atoms with Crippen LogP contribution in [-0.4, -0.2) is 55.4 Å². The van der Waals surface area contributed by atoms with Gasteiger partial charge in [0.25, 0.3) is 5.91 Å². The topological polar surface area (TPSA) is 102 Å². The van der Waals surface area contributed by atoms with Gasteiger partial charge < -0.3 is 19.1 Å². The average molecular weight is 481 g/mol. The number of amides is 3. The van der Waals surface area contributed by atoms with Crippen LogP contribution in [0.5, 0.6) is 17.2 Å². The maximum absolute atomic E-state index is 13.4. The Balaban J connectivity index is 1.52. The maximum Gasteiger partial charge on any atom is 0.308 e. The molecule has 9 nitrogen and oxygen atoms in total. The van der Waals surface area contributed by atoms with E-state index in [1.807, 2.05) is 12.1 Å². The van der Waals surface area contributed by atoms with Crippen LogP contribution in [0.15, 0.2) is 42.5 Å². The van der Waals surface area contributed by atoms with Crippen molar-refractivity contribution < 1.29 is 33.4 Å². The molecule has 35 heavy (non-hydrogen) atoms. The van der Waals surface area contributed by atoms with E-state index in [-0.39, 0.29) is 24.2 Å². The minimum atomic E-state index is -0.858. The lowest BCUT2D eigenvalue weighted by Crippen LogP contribution is -2.47. The molecule has 2 aromatic carbocycles. The van der Waals surface area contributed by atoms with Crippen LogP contribution < -0.4 is 19.1 Å². The standard InChI is InChI=1S/C26H28N2O7/c1-16(29)35-20-9-7-19(8-10-20)28-24(30)15-21(26(28)32)27(25(31)18-5-6-18)13-12-17-4-11-22(33-2)23(14-17)34-3/h4,7-11,14,18,21H,5-6,12-13,15H2,1-3H3. The van der Waals surface area contributed by atoms with Gasteiger partial charge >= 0.3 is 5.97 Å². The molecule has 2 aromatic rings. The molecule has 1 saturated heterocycles. The zero-order chi connectivity index (χ0) is 25.1. The summed E-state index contributed by atoms with van der Waals surface area (Å²) in [6.45, 7) is 1.59. The van der Waals surface area contributed by atoms with Crippen LogP contribution in [0.1, 0.15) is 31.7 Å². The van der Waals surface area contributed by atoms with E-state index in [9.17, 15) is 19.2 Å². The Bertz CT molecular complexity index is 1140. The Morgan fingerprint density at radius 2 is 1.69 bits per heavy atom. The fourth-order valence-corrected chi connectivity index (χ4v) is 4.23. The van der Waals surface area contributed by atoms with Crippen LogP contribution in [0.3, 0.4) is 0 Å². The summed E-state index contributed by atoms with van der Waals surface area (Å²) in [6.07, 6.45) is 2.01. The van der Waals surface area contributed by atoms with E-state index in [4.69, 9.17) is 14.2 Å². The molecule has 0 N–H and O–H groups in total. The third kappa shape index (κ3) is 5.29. The van der Waals surface area contributed by atoms with E-state index >= 15 is 0 Å². The third-order valence-corrected chi connectivity index (χ3v) is 6.15. The molecule has 0 bridgehead atoms. The summed E-state index contributed by atoms with van der Waals surface area (Å²) in [5, 5.41) is 0. The van der Waals surface area contributed by atoms with E-state index in [1.54, 1.807) is 37.3 Å². The molecule has 184 valence electrons. The lowest BCUT2D eigenvalue weighted by atomic mass is 10.1. The Kier molecular flexibility index (Phi) is 7.04. The highest BCUT2D eigenvalue weighted by Crippen LogP contribution is 2.35. The van der Waals surface area contributed by atoms with E-state index < -0.39 is 17.9 Å². The van der Waals surface area contributed by atoms with Crippen molar-refractivity contribution in [1.82, 2.24) is 4.90 Å². The van der Waals surface area contributed by atoms with Crippen molar-refractivity contribution in [3.8, 4) is 17.2 Å².